The molecule has 2 saturated heterocycles. The molecule has 0 saturated carbocycles. The molecule has 5 heterocycles. The van der Waals surface area contributed by atoms with Crippen LogP contribution < -0.4 is 10.2 Å². The van der Waals surface area contributed by atoms with Gasteiger partial charge in [0.25, 0.3) is 0 Å². The number of furan rings is 1. The minimum absolute atomic E-state index is 0.141. The summed E-state index contributed by atoms with van der Waals surface area (Å²) in [4.78, 5) is 36.2. The molecule has 2 fully saturated rings. The zero-order chi connectivity index (χ0) is 26.6. The predicted octanol–water partition coefficient (Wildman–Crippen LogP) is 4.94. The number of anilines is 3. The Balaban J connectivity index is 1.31. The first-order chi connectivity index (χ1) is 18.1. The van der Waals surface area contributed by atoms with Gasteiger partial charge >= 0.3 is 12.1 Å². The number of ether oxygens (including phenoxy) is 2. The van der Waals surface area contributed by atoms with Crippen molar-refractivity contribution in [1.29, 1.82) is 0 Å². The summed E-state index contributed by atoms with van der Waals surface area (Å²) >= 11 is 0. The molecule has 2 aliphatic rings. The molecule has 0 spiro atoms. The van der Waals surface area contributed by atoms with Gasteiger partial charge in [0.2, 0.25) is 5.95 Å². The topological polar surface area (TPSA) is 125 Å². The molecule has 0 radical (unpaired) electrons. The first-order valence-corrected chi connectivity index (χ1v) is 12.8. The quantitative estimate of drug-likeness (QED) is 0.373. The fourth-order valence-electron chi connectivity index (χ4n) is 5.19. The SMILES string of the molecule is Cc1nn(C(=O)OC(C)(C)C)c2cc(Nc3nc(N4CC[C@H]5CCC(=O)O[C@@H]5C4)c4occc4n3)ccc12. The smallest absolute Gasteiger partial charge is 0.435 e. The van der Waals surface area contributed by atoms with E-state index < -0.39 is 11.7 Å². The minimum atomic E-state index is -0.645. The first kappa shape index (κ1) is 24.2. The maximum absolute atomic E-state index is 12.8. The van der Waals surface area contributed by atoms with Gasteiger partial charge in [-0.25, -0.2) is 9.78 Å². The second kappa shape index (κ2) is 9.00. The zero-order valence-corrected chi connectivity index (χ0v) is 21.9. The highest BCUT2D eigenvalue weighted by Gasteiger charge is 2.37. The fraction of sp³-hybridized carbons (Fsp3) is 0.444. The van der Waals surface area contributed by atoms with Crippen molar-refractivity contribution in [3.8, 4) is 0 Å². The Morgan fingerprint density at radius 1 is 1.18 bits per heavy atom. The number of aromatic nitrogens is 4. The molecule has 38 heavy (non-hydrogen) atoms. The Bertz CT molecular complexity index is 1550. The lowest BCUT2D eigenvalue weighted by Gasteiger charge is -2.40. The normalized spacial score (nSPS) is 19.9. The third-order valence-electron chi connectivity index (χ3n) is 6.97. The lowest BCUT2D eigenvalue weighted by Crippen LogP contribution is -2.48. The van der Waals surface area contributed by atoms with Crippen LogP contribution in [0.4, 0.5) is 22.2 Å². The van der Waals surface area contributed by atoms with Crippen LogP contribution in [0.1, 0.15) is 45.7 Å². The molecule has 1 aromatic carbocycles. The van der Waals surface area contributed by atoms with Crippen LogP contribution in [0.5, 0.6) is 0 Å². The number of fused-ring (bicyclic) bond motifs is 3. The van der Waals surface area contributed by atoms with Gasteiger partial charge in [-0.1, -0.05) is 0 Å². The number of benzene rings is 1. The molecular weight excluding hydrogens is 488 g/mol. The molecule has 0 unspecified atom stereocenters. The van der Waals surface area contributed by atoms with Crippen LogP contribution in [0, 0.1) is 12.8 Å². The number of nitrogens with zero attached hydrogens (tertiary/aromatic N) is 5. The lowest BCUT2D eigenvalue weighted by atomic mass is 9.87. The average molecular weight is 519 g/mol. The van der Waals surface area contributed by atoms with Gasteiger partial charge in [-0.15, -0.1) is 0 Å². The van der Waals surface area contributed by atoms with Gasteiger partial charge in [0, 0.05) is 30.1 Å². The molecule has 4 aromatic rings. The predicted molar refractivity (Wildman–Crippen MR) is 141 cm³/mol. The van der Waals surface area contributed by atoms with Crippen molar-refractivity contribution in [3.63, 3.8) is 0 Å². The van der Waals surface area contributed by atoms with Crippen LogP contribution in [0.2, 0.25) is 0 Å². The minimum Gasteiger partial charge on any atom is -0.460 e. The zero-order valence-electron chi connectivity index (χ0n) is 21.9. The van der Waals surface area contributed by atoms with E-state index in [-0.39, 0.29) is 12.1 Å². The lowest BCUT2D eigenvalue weighted by molar-refractivity contribution is -0.158. The van der Waals surface area contributed by atoms with E-state index in [0.717, 1.165) is 30.5 Å². The number of piperidine rings is 1. The van der Waals surface area contributed by atoms with Crippen LogP contribution in [-0.4, -0.2) is 56.6 Å². The number of carbonyl (C=O) groups is 2. The molecule has 2 atom stereocenters. The molecule has 0 aliphatic carbocycles. The summed E-state index contributed by atoms with van der Waals surface area (Å²) in [5.74, 6) is 1.27. The van der Waals surface area contributed by atoms with Crippen molar-refractivity contribution in [3.05, 3.63) is 36.2 Å². The molecule has 2 aliphatic heterocycles. The van der Waals surface area contributed by atoms with Crippen molar-refractivity contribution in [2.75, 3.05) is 23.3 Å². The highest BCUT2D eigenvalue weighted by atomic mass is 16.6. The maximum atomic E-state index is 12.8. The van der Waals surface area contributed by atoms with Crippen LogP contribution >= 0.6 is 0 Å². The van der Waals surface area contributed by atoms with Gasteiger partial charge in [-0.2, -0.15) is 14.8 Å². The Labute approximate surface area is 219 Å². The number of rotatable bonds is 3. The van der Waals surface area contributed by atoms with E-state index in [4.69, 9.17) is 18.9 Å². The van der Waals surface area contributed by atoms with Crippen molar-refractivity contribution in [1.82, 2.24) is 19.7 Å². The highest BCUT2D eigenvalue weighted by molar-refractivity contribution is 5.92. The molecule has 198 valence electrons. The summed E-state index contributed by atoms with van der Waals surface area (Å²) in [5, 5.41) is 8.52. The largest absolute Gasteiger partial charge is 0.460 e. The number of nitrogens with one attached hydrogen (secondary N) is 1. The average Bonchev–Trinajstić information content (AvgIpc) is 3.46. The maximum Gasteiger partial charge on any atom is 0.435 e. The van der Waals surface area contributed by atoms with Crippen LogP contribution in [0.15, 0.2) is 34.9 Å². The molecule has 1 N–H and O–H groups in total. The van der Waals surface area contributed by atoms with Gasteiger partial charge in [0.1, 0.15) is 17.2 Å². The van der Waals surface area contributed by atoms with Gasteiger partial charge in [0.05, 0.1) is 24.0 Å². The third kappa shape index (κ3) is 4.52. The van der Waals surface area contributed by atoms with Crippen molar-refractivity contribution < 1.29 is 23.5 Å². The summed E-state index contributed by atoms with van der Waals surface area (Å²) in [6.07, 6.45) is 3.16. The Morgan fingerprint density at radius 3 is 2.84 bits per heavy atom. The summed E-state index contributed by atoms with van der Waals surface area (Å²) < 4.78 is 18.2. The molecule has 6 rings (SSSR count). The van der Waals surface area contributed by atoms with Crippen molar-refractivity contribution in [2.24, 2.45) is 5.92 Å². The number of carbonyl (C=O) groups excluding carboxylic acids is 2. The molecule has 11 nitrogen and oxygen atoms in total. The number of hydrogen-bond donors (Lipinski definition) is 1. The molecule has 0 amide bonds. The van der Waals surface area contributed by atoms with Gasteiger partial charge in [0.15, 0.2) is 11.4 Å². The Kier molecular flexibility index (Phi) is 5.73. The van der Waals surface area contributed by atoms with E-state index >= 15 is 0 Å². The summed E-state index contributed by atoms with van der Waals surface area (Å²) in [7, 11) is 0. The molecule has 3 aromatic heterocycles. The fourth-order valence-corrected chi connectivity index (χ4v) is 5.19. The van der Waals surface area contributed by atoms with Crippen molar-refractivity contribution in [2.45, 2.75) is 58.7 Å². The second-order valence-electron chi connectivity index (χ2n) is 10.9. The molecule has 0 bridgehead atoms. The van der Waals surface area contributed by atoms with Crippen molar-refractivity contribution >= 4 is 51.5 Å². The monoisotopic (exact) mass is 518 g/mol. The van der Waals surface area contributed by atoms with Gasteiger partial charge in [-0.05, 0) is 64.7 Å². The first-order valence-electron chi connectivity index (χ1n) is 12.8. The van der Waals surface area contributed by atoms with E-state index in [1.54, 1.807) is 12.3 Å². The standard InChI is InChI=1S/C27H30N6O5/c1-15-18-7-6-17(13-20(18)33(31-15)26(35)38-27(2,3)4)28-25-29-19-10-12-36-23(19)24(30-25)32-11-9-16-5-8-22(34)37-21(16)14-32/h6-7,10,12-13,16,21H,5,8-9,11,14H2,1-4H3,(H,28,29,30)/t16-,21-/m1/s1. The van der Waals surface area contributed by atoms with Gasteiger partial charge in [-0.3, -0.25) is 4.79 Å². The molecule has 11 heteroatoms. The van der Waals surface area contributed by atoms with E-state index in [2.05, 4.69) is 20.3 Å². The Morgan fingerprint density at radius 2 is 2.03 bits per heavy atom. The van der Waals surface area contributed by atoms with Gasteiger partial charge < -0.3 is 24.1 Å². The summed E-state index contributed by atoms with van der Waals surface area (Å²) in [6.45, 7) is 8.65. The van der Waals surface area contributed by atoms with E-state index in [1.807, 2.05) is 45.9 Å². The third-order valence-corrected chi connectivity index (χ3v) is 6.97. The van der Waals surface area contributed by atoms with Crippen LogP contribution in [0.25, 0.3) is 22.0 Å². The summed E-state index contributed by atoms with van der Waals surface area (Å²) in [6, 6.07) is 7.42. The van der Waals surface area contributed by atoms with E-state index in [9.17, 15) is 9.59 Å². The summed E-state index contributed by atoms with van der Waals surface area (Å²) in [5.41, 5.74) is 2.64. The number of aryl methyl sites for hydroxylation is 1. The van der Waals surface area contributed by atoms with E-state index in [1.165, 1.54) is 4.68 Å². The highest BCUT2D eigenvalue weighted by Crippen LogP contribution is 2.35. The number of hydrogen-bond acceptors (Lipinski definition) is 10. The second-order valence-corrected chi connectivity index (χ2v) is 10.9. The molecular formula is C27H30N6O5. The van der Waals surface area contributed by atoms with E-state index in [0.29, 0.717) is 53.0 Å². The Hall–Kier alpha value is -4.15. The number of esters is 1. The van der Waals surface area contributed by atoms with Crippen LogP contribution in [0.3, 0.4) is 0 Å². The van der Waals surface area contributed by atoms with Crippen LogP contribution in [-0.2, 0) is 14.3 Å².